The summed E-state index contributed by atoms with van der Waals surface area (Å²) in [5.41, 5.74) is 4.10. The van der Waals surface area contributed by atoms with Crippen LogP contribution in [-0.4, -0.2) is 11.7 Å². The monoisotopic (exact) mass is 366 g/mol. The third kappa shape index (κ3) is 2.96. The minimum Gasteiger partial charge on any atom is -0.493 e. The van der Waals surface area contributed by atoms with Crippen LogP contribution in [0.1, 0.15) is 28.4 Å². The molecule has 1 N–H and O–H groups in total. The first-order valence-electron chi connectivity index (χ1n) is 6.93. The van der Waals surface area contributed by atoms with E-state index in [0.717, 1.165) is 38.9 Å². The van der Waals surface area contributed by atoms with Gasteiger partial charge in [0.05, 0.1) is 12.7 Å². The Morgan fingerprint density at radius 1 is 1.38 bits per heavy atom. The van der Waals surface area contributed by atoms with Gasteiger partial charge in [-0.1, -0.05) is 39.7 Å². The Bertz CT molecular complexity index is 685. The van der Waals surface area contributed by atoms with Crippen molar-refractivity contribution in [3.63, 3.8) is 0 Å². The Morgan fingerprint density at radius 2 is 2.19 bits per heavy atom. The molecule has 0 aromatic heterocycles. The quantitative estimate of drug-likeness (QED) is 0.857. The fraction of sp³-hybridized carbons (Fsp3) is 0.294. The molecule has 0 bridgehead atoms. The van der Waals surface area contributed by atoms with Gasteiger partial charge in [-0.15, -0.1) is 0 Å². The van der Waals surface area contributed by atoms with Gasteiger partial charge in [0.25, 0.3) is 0 Å². The smallest absolute Gasteiger partial charge is 0.126 e. The largest absolute Gasteiger partial charge is 0.493 e. The zero-order valence-electron chi connectivity index (χ0n) is 11.7. The van der Waals surface area contributed by atoms with E-state index in [1.165, 1.54) is 0 Å². The van der Waals surface area contributed by atoms with E-state index in [4.69, 9.17) is 16.3 Å². The molecule has 0 aliphatic carbocycles. The molecule has 1 atom stereocenters. The predicted octanol–water partition coefficient (Wildman–Crippen LogP) is 4.62. The molecule has 1 unspecified atom stereocenters. The Kier molecular flexibility index (Phi) is 4.25. The number of hydrogen-bond donors (Lipinski definition) is 1. The van der Waals surface area contributed by atoms with Crippen molar-refractivity contribution in [3.8, 4) is 5.75 Å². The summed E-state index contributed by atoms with van der Waals surface area (Å²) in [7, 11) is 0. The first kappa shape index (κ1) is 14.9. The average molecular weight is 368 g/mol. The van der Waals surface area contributed by atoms with E-state index in [1.54, 1.807) is 0 Å². The van der Waals surface area contributed by atoms with Crippen LogP contribution < -0.4 is 4.74 Å². The van der Waals surface area contributed by atoms with Crippen molar-refractivity contribution in [1.82, 2.24) is 0 Å². The third-order valence-corrected chi connectivity index (χ3v) is 4.98. The second kappa shape index (κ2) is 5.99. The van der Waals surface area contributed by atoms with Crippen LogP contribution in [-0.2, 0) is 12.8 Å². The number of benzene rings is 2. The molecule has 2 nitrogen and oxygen atoms in total. The van der Waals surface area contributed by atoms with Gasteiger partial charge < -0.3 is 9.84 Å². The molecule has 1 heterocycles. The first-order valence-corrected chi connectivity index (χ1v) is 8.10. The summed E-state index contributed by atoms with van der Waals surface area (Å²) in [4.78, 5) is 0. The highest BCUT2D eigenvalue weighted by Crippen LogP contribution is 2.36. The second-order valence-corrected chi connectivity index (χ2v) is 6.62. The summed E-state index contributed by atoms with van der Waals surface area (Å²) in [5.74, 6) is 0.895. The van der Waals surface area contributed by atoms with Crippen LogP contribution in [0.2, 0.25) is 5.02 Å². The Labute approximate surface area is 137 Å². The van der Waals surface area contributed by atoms with Crippen LogP contribution in [0.5, 0.6) is 5.75 Å². The normalized spacial score (nSPS) is 14.7. The fourth-order valence-electron chi connectivity index (χ4n) is 2.80. The first-order chi connectivity index (χ1) is 10.1. The van der Waals surface area contributed by atoms with Crippen LogP contribution in [0.15, 0.2) is 34.8 Å². The fourth-order valence-corrected chi connectivity index (χ4v) is 3.45. The van der Waals surface area contributed by atoms with Crippen molar-refractivity contribution in [2.75, 3.05) is 6.61 Å². The van der Waals surface area contributed by atoms with Crippen molar-refractivity contribution in [1.29, 1.82) is 0 Å². The van der Waals surface area contributed by atoms with Gasteiger partial charge in [0.2, 0.25) is 0 Å². The third-order valence-electron chi connectivity index (χ3n) is 3.91. The van der Waals surface area contributed by atoms with Gasteiger partial charge in [-0.3, -0.25) is 0 Å². The molecule has 3 rings (SSSR count). The Balaban J connectivity index is 1.92. The molecular weight excluding hydrogens is 352 g/mol. The maximum atomic E-state index is 10.6. The Morgan fingerprint density at radius 3 is 3.00 bits per heavy atom. The van der Waals surface area contributed by atoms with Crippen molar-refractivity contribution < 1.29 is 9.84 Å². The predicted molar refractivity (Wildman–Crippen MR) is 88.2 cm³/mol. The molecule has 0 radical (unpaired) electrons. The number of halogens is 2. The molecule has 110 valence electrons. The highest BCUT2D eigenvalue weighted by molar-refractivity contribution is 9.10. The zero-order valence-corrected chi connectivity index (χ0v) is 14.0. The summed E-state index contributed by atoms with van der Waals surface area (Å²) < 4.78 is 6.70. The van der Waals surface area contributed by atoms with Crippen LogP contribution in [0.3, 0.4) is 0 Å². The summed E-state index contributed by atoms with van der Waals surface area (Å²) in [6, 6.07) is 9.71. The average Bonchev–Trinajstić information content (AvgIpc) is 2.90. The molecule has 1 aliphatic rings. The standard InChI is InChI=1S/C17H16BrClO2/c1-10-14(3-2-4-15(10)18)16(20)9-12-8-13(19)7-11-5-6-21-17(11)12/h2-4,7-8,16,20H,5-6,9H2,1H3. The van der Waals surface area contributed by atoms with Crippen molar-refractivity contribution in [2.24, 2.45) is 0 Å². The Hall–Kier alpha value is -1.03. The molecule has 0 fully saturated rings. The van der Waals surface area contributed by atoms with E-state index in [-0.39, 0.29) is 0 Å². The highest BCUT2D eigenvalue weighted by atomic mass is 79.9. The number of fused-ring (bicyclic) bond motifs is 1. The highest BCUT2D eigenvalue weighted by Gasteiger charge is 2.21. The van der Waals surface area contributed by atoms with E-state index < -0.39 is 6.10 Å². The lowest BCUT2D eigenvalue weighted by atomic mass is 9.96. The van der Waals surface area contributed by atoms with E-state index in [1.807, 2.05) is 37.3 Å². The minimum absolute atomic E-state index is 0.500. The molecule has 4 heteroatoms. The van der Waals surface area contributed by atoms with Gasteiger partial charge in [-0.05, 0) is 47.4 Å². The molecule has 0 saturated carbocycles. The van der Waals surface area contributed by atoms with Gasteiger partial charge in [0.15, 0.2) is 0 Å². The van der Waals surface area contributed by atoms with Gasteiger partial charge >= 0.3 is 0 Å². The molecule has 21 heavy (non-hydrogen) atoms. The lowest BCUT2D eigenvalue weighted by molar-refractivity contribution is 0.176. The van der Waals surface area contributed by atoms with E-state index in [2.05, 4.69) is 15.9 Å². The summed E-state index contributed by atoms with van der Waals surface area (Å²) in [6.45, 7) is 2.69. The van der Waals surface area contributed by atoms with Gasteiger partial charge in [0.1, 0.15) is 5.75 Å². The minimum atomic E-state index is -0.575. The molecular formula is C17H16BrClO2. The summed E-state index contributed by atoms with van der Waals surface area (Å²) >= 11 is 9.67. The number of hydrogen-bond acceptors (Lipinski definition) is 2. The lowest BCUT2D eigenvalue weighted by Gasteiger charge is -2.17. The van der Waals surface area contributed by atoms with Crippen molar-refractivity contribution in [2.45, 2.75) is 25.9 Å². The molecule has 0 amide bonds. The van der Waals surface area contributed by atoms with Crippen LogP contribution in [0.4, 0.5) is 0 Å². The number of aliphatic hydroxyl groups is 1. The molecule has 2 aromatic rings. The van der Waals surface area contributed by atoms with E-state index in [9.17, 15) is 5.11 Å². The van der Waals surface area contributed by atoms with E-state index in [0.29, 0.717) is 18.1 Å². The molecule has 1 aliphatic heterocycles. The van der Waals surface area contributed by atoms with Crippen LogP contribution >= 0.6 is 27.5 Å². The van der Waals surface area contributed by atoms with Gasteiger partial charge in [-0.25, -0.2) is 0 Å². The van der Waals surface area contributed by atoms with Crippen molar-refractivity contribution >= 4 is 27.5 Å². The maximum absolute atomic E-state index is 10.6. The topological polar surface area (TPSA) is 29.5 Å². The SMILES string of the molecule is Cc1c(Br)cccc1C(O)Cc1cc(Cl)cc2c1OCC2. The number of aliphatic hydroxyl groups excluding tert-OH is 1. The molecule has 0 saturated heterocycles. The zero-order chi connectivity index (χ0) is 15.0. The number of ether oxygens (including phenoxy) is 1. The van der Waals surface area contributed by atoms with Crippen LogP contribution in [0.25, 0.3) is 0 Å². The maximum Gasteiger partial charge on any atom is 0.126 e. The van der Waals surface area contributed by atoms with Gasteiger partial charge in [0, 0.05) is 22.3 Å². The van der Waals surface area contributed by atoms with Gasteiger partial charge in [-0.2, -0.15) is 0 Å². The lowest BCUT2D eigenvalue weighted by Crippen LogP contribution is -2.05. The van der Waals surface area contributed by atoms with Crippen LogP contribution in [0, 0.1) is 6.92 Å². The summed E-state index contributed by atoms with van der Waals surface area (Å²) in [5, 5.41) is 11.3. The molecule has 2 aromatic carbocycles. The van der Waals surface area contributed by atoms with Crippen molar-refractivity contribution in [3.05, 3.63) is 62.1 Å². The number of rotatable bonds is 3. The second-order valence-electron chi connectivity index (χ2n) is 5.33. The summed E-state index contributed by atoms with van der Waals surface area (Å²) in [6.07, 6.45) is 0.809. The van der Waals surface area contributed by atoms with E-state index >= 15 is 0 Å². The molecule has 0 spiro atoms.